The molecule has 1 aromatic carbocycles. The molecule has 3 rings (SSSR count). The van der Waals surface area contributed by atoms with E-state index >= 15 is 0 Å². The number of benzene rings is 1. The molecule has 0 bridgehead atoms. The Kier molecular flexibility index (Phi) is 5.24. The van der Waals surface area contributed by atoms with E-state index in [4.69, 9.17) is 4.42 Å². The van der Waals surface area contributed by atoms with Crippen LogP contribution in [0.5, 0.6) is 0 Å². The number of carbonyl (C=O) groups excluding carboxylic acids is 2. The van der Waals surface area contributed by atoms with Crippen molar-refractivity contribution in [3.05, 3.63) is 54.0 Å². The minimum Gasteiger partial charge on any atom is -0.459 e. The summed E-state index contributed by atoms with van der Waals surface area (Å²) in [5.41, 5.74) is 0.353. The van der Waals surface area contributed by atoms with E-state index in [9.17, 15) is 18.0 Å². The lowest BCUT2D eigenvalue weighted by Gasteiger charge is -2.31. The zero-order valence-corrected chi connectivity index (χ0v) is 15.2. The van der Waals surface area contributed by atoms with E-state index in [1.54, 1.807) is 29.2 Å². The van der Waals surface area contributed by atoms with Crippen LogP contribution in [-0.4, -0.2) is 44.1 Å². The maximum absolute atomic E-state index is 12.6. The van der Waals surface area contributed by atoms with Crippen LogP contribution in [0.25, 0.3) is 0 Å². The quantitative estimate of drug-likeness (QED) is 0.806. The molecule has 0 saturated carbocycles. The number of nitrogens with zero attached hydrogens (tertiary/aromatic N) is 1. The van der Waals surface area contributed by atoms with Crippen LogP contribution in [0.4, 0.5) is 0 Å². The van der Waals surface area contributed by atoms with E-state index < -0.39 is 10.0 Å². The number of likely N-dealkylation sites (tertiary alicyclic amines) is 1. The Hall–Kier alpha value is -2.45. The molecule has 2 heterocycles. The molecule has 0 spiro atoms. The Morgan fingerprint density at radius 3 is 2.50 bits per heavy atom. The molecule has 1 aromatic heterocycles. The Bertz CT molecular complexity index is 897. The van der Waals surface area contributed by atoms with E-state index in [-0.39, 0.29) is 28.4 Å². The lowest BCUT2D eigenvalue weighted by atomic mass is 10.1. The van der Waals surface area contributed by atoms with Crippen LogP contribution in [0.15, 0.2) is 52.0 Å². The van der Waals surface area contributed by atoms with Crippen molar-refractivity contribution in [3.8, 4) is 0 Å². The van der Waals surface area contributed by atoms with Crippen LogP contribution in [0.1, 0.15) is 40.7 Å². The minimum atomic E-state index is -3.72. The SMILES string of the molecule is CC(=O)c1cccc(S(=O)(=O)NC2CCN(C(=O)c3ccco3)CC2)c1. The number of piperidine rings is 1. The van der Waals surface area contributed by atoms with Crippen molar-refractivity contribution in [2.45, 2.75) is 30.7 Å². The molecule has 7 nitrogen and oxygen atoms in total. The molecule has 8 heteroatoms. The third kappa shape index (κ3) is 4.03. The van der Waals surface area contributed by atoms with Gasteiger partial charge in [0.15, 0.2) is 11.5 Å². The van der Waals surface area contributed by atoms with Gasteiger partial charge in [0.05, 0.1) is 11.2 Å². The van der Waals surface area contributed by atoms with Crippen LogP contribution in [0, 0.1) is 0 Å². The van der Waals surface area contributed by atoms with Crippen molar-refractivity contribution in [2.75, 3.05) is 13.1 Å². The van der Waals surface area contributed by atoms with E-state index in [2.05, 4.69) is 4.72 Å². The lowest BCUT2D eigenvalue weighted by molar-refractivity contribution is 0.0679. The Morgan fingerprint density at radius 2 is 1.88 bits per heavy atom. The van der Waals surface area contributed by atoms with Gasteiger partial charge in [0.2, 0.25) is 10.0 Å². The number of sulfonamides is 1. The van der Waals surface area contributed by atoms with Gasteiger partial charge in [-0.15, -0.1) is 0 Å². The van der Waals surface area contributed by atoms with Crippen LogP contribution in [-0.2, 0) is 10.0 Å². The summed E-state index contributed by atoms with van der Waals surface area (Å²) in [5.74, 6) is -0.0951. The largest absolute Gasteiger partial charge is 0.459 e. The summed E-state index contributed by atoms with van der Waals surface area (Å²) in [6.45, 7) is 2.28. The first-order valence-corrected chi connectivity index (χ1v) is 9.81. The molecule has 2 aromatic rings. The van der Waals surface area contributed by atoms with E-state index in [0.29, 0.717) is 31.5 Å². The van der Waals surface area contributed by atoms with Crippen molar-refractivity contribution in [2.24, 2.45) is 0 Å². The summed E-state index contributed by atoms with van der Waals surface area (Å²) in [5, 5.41) is 0. The van der Waals surface area contributed by atoms with Gasteiger partial charge in [-0.05, 0) is 44.0 Å². The molecule has 1 aliphatic rings. The summed E-state index contributed by atoms with van der Waals surface area (Å²) in [6, 6.07) is 8.98. The van der Waals surface area contributed by atoms with Crippen molar-refractivity contribution >= 4 is 21.7 Å². The van der Waals surface area contributed by atoms with Gasteiger partial charge in [0.25, 0.3) is 5.91 Å². The molecular weight excluding hydrogens is 356 g/mol. The molecule has 138 valence electrons. The maximum Gasteiger partial charge on any atom is 0.289 e. The van der Waals surface area contributed by atoms with E-state index in [1.807, 2.05) is 0 Å². The standard InChI is InChI=1S/C18H20N2O5S/c1-13(21)14-4-2-5-16(12-14)26(23,24)19-15-7-9-20(10-8-15)18(22)17-6-3-11-25-17/h2-6,11-12,15,19H,7-10H2,1H3. The molecule has 1 aliphatic heterocycles. The number of hydrogen-bond acceptors (Lipinski definition) is 5. The predicted molar refractivity (Wildman–Crippen MR) is 94.4 cm³/mol. The fraction of sp³-hybridized carbons (Fsp3) is 0.333. The molecule has 1 amide bonds. The van der Waals surface area contributed by atoms with Crippen LogP contribution in [0.3, 0.4) is 0 Å². The number of nitrogens with one attached hydrogen (secondary N) is 1. The van der Waals surface area contributed by atoms with Gasteiger partial charge < -0.3 is 9.32 Å². The third-order valence-electron chi connectivity index (χ3n) is 4.39. The summed E-state index contributed by atoms with van der Waals surface area (Å²) in [4.78, 5) is 25.4. The molecule has 26 heavy (non-hydrogen) atoms. The number of ketones is 1. The Balaban J connectivity index is 1.62. The Morgan fingerprint density at radius 1 is 1.15 bits per heavy atom. The highest BCUT2D eigenvalue weighted by Crippen LogP contribution is 2.18. The summed E-state index contributed by atoms with van der Waals surface area (Å²) < 4.78 is 32.9. The fourth-order valence-electron chi connectivity index (χ4n) is 2.93. The molecular formula is C18H20N2O5S. The highest BCUT2D eigenvalue weighted by atomic mass is 32.2. The fourth-order valence-corrected chi connectivity index (χ4v) is 4.28. The van der Waals surface area contributed by atoms with Crippen LogP contribution in [0.2, 0.25) is 0 Å². The van der Waals surface area contributed by atoms with Gasteiger partial charge in [-0.2, -0.15) is 0 Å². The first-order chi connectivity index (χ1) is 12.4. The molecule has 0 aliphatic carbocycles. The summed E-state index contributed by atoms with van der Waals surface area (Å²) in [6.07, 6.45) is 2.47. The average Bonchev–Trinajstić information content (AvgIpc) is 3.16. The molecule has 1 saturated heterocycles. The zero-order chi connectivity index (χ0) is 18.7. The molecule has 0 atom stereocenters. The second-order valence-electron chi connectivity index (χ2n) is 6.25. The molecule has 0 radical (unpaired) electrons. The van der Waals surface area contributed by atoms with Gasteiger partial charge in [-0.1, -0.05) is 12.1 Å². The first kappa shape index (κ1) is 18.3. The average molecular weight is 376 g/mol. The number of furan rings is 1. The van der Waals surface area contributed by atoms with Gasteiger partial charge in [-0.3, -0.25) is 9.59 Å². The highest BCUT2D eigenvalue weighted by Gasteiger charge is 2.28. The summed E-state index contributed by atoms with van der Waals surface area (Å²) in [7, 11) is -3.72. The highest BCUT2D eigenvalue weighted by molar-refractivity contribution is 7.89. The van der Waals surface area contributed by atoms with Crippen LogP contribution < -0.4 is 4.72 Å². The van der Waals surface area contributed by atoms with Crippen molar-refractivity contribution < 1.29 is 22.4 Å². The normalized spacial score (nSPS) is 15.8. The molecule has 1 fully saturated rings. The third-order valence-corrected chi connectivity index (χ3v) is 5.90. The zero-order valence-electron chi connectivity index (χ0n) is 14.3. The van der Waals surface area contributed by atoms with Crippen molar-refractivity contribution in [1.29, 1.82) is 0 Å². The van der Waals surface area contributed by atoms with Crippen molar-refractivity contribution in [3.63, 3.8) is 0 Å². The van der Waals surface area contributed by atoms with Gasteiger partial charge >= 0.3 is 0 Å². The Labute approximate surface area is 152 Å². The topological polar surface area (TPSA) is 96.7 Å². The first-order valence-electron chi connectivity index (χ1n) is 8.33. The van der Waals surface area contributed by atoms with Gasteiger partial charge in [0.1, 0.15) is 0 Å². The van der Waals surface area contributed by atoms with E-state index in [1.165, 1.54) is 25.3 Å². The number of Topliss-reactive ketones (excluding diaryl/α,β-unsaturated/α-hetero) is 1. The van der Waals surface area contributed by atoms with Crippen LogP contribution >= 0.6 is 0 Å². The number of carbonyl (C=O) groups is 2. The number of rotatable bonds is 5. The van der Waals surface area contributed by atoms with E-state index in [0.717, 1.165) is 0 Å². The maximum atomic E-state index is 12.6. The minimum absolute atomic E-state index is 0.0688. The predicted octanol–water partition coefficient (Wildman–Crippen LogP) is 2.07. The lowest BCUT2D eigenvalue weighted by Crippen LogP contribution is -2.46. The second kappa shape index (κ2) is 7.43. The number of amides is 1. The molecule has 1 N–H and O–H groups in total. The van der Waals surface area contributed by atoms with Gasteiger partial charge in [0, 0.05) is 24.7 Å². The molecule has 0 unspecified atom stereocenters. The summed E-state index contributed by atoms with van der Waals surface area (Å²) >= 11 is 0. The monoisotopic (exact) mass is 376 g/mol. The second-order valence-corrected chi connectivity index (χ2v) is 7.96. The number of hydrogen-bond donors (Lipinski definition) is 1. The van der Waals surface area contributed by atoms with Crippen molar-refractivity contribution in [1.82, 2.24) is 9.62 Å². The smallest absolute Gasteiger partial charge is 0.289 e. The van der Waals surface area contributed by atoms with Gasteiger partial charge in [-0.25, -0.2) is 13.1 Å².